The van der Waals surface area contributed by atoms with E-state index < -0.39 is 0 Å². The molecule has 0 aliphatic carbocycles. The minimum absolute atomic E-state index is 0.617. The van der Waals surface area contributed by atoms with E-state index in [-0.39, 0.29) is 0 Å². The van der Waals surface area contributed by atoms with Crippen molar-refractivity contribution >= 4 is 11.5 Å². The van der Waals surface area contributed by atoms with Crippen molar-refractivity contribution in [2.45, 2.75) is 6.92 Å². The standard InChI is InChI=1S/C14H14N4O/c1-9-8-10(6-7-11(9)19-2)14-17-16-13-5-3-4-12(15)18(13)14/h3-8H,15H2,1-2H3. The fraction of sp³-hybridized carbons (Fsp3) is 0.143. The van der Waals surface area contributed by atoms with Crippen molar-refractivity contribution in [3.8, 4) is 17.1 Å². The molecule has 2 N–H and O–H groups in total. The summed E-state index contributed by atoms with van der Waals surface area (Å²) < 4.78 is 7.10. The van der Waals surface area contributed by atoms with Gasteiger partial charge < -0.3 is 10.5 Å². The summed E-state index contributed by atoms with van der Waals surface area (Å²) >= 11 is 0. The molecule has 0 amide bonds. The zero-order valence-corrected chi connectivity index (χ0v) is 10.8. The van der Waals surface area contributed by atoms with Crippen molar-refractivity contribution in [3.05, 3.63) is 42.0 Å². The molecule has 0 fully saturated rings. The number of rotatable bonds is 2. The fourth-order valence-electron chi connectivity index (χ4n) is 2.17. The summed E-state index contributed by atoms with van der Waals surface area (Å²) in [6.07, 6.45) is 0. The largest absolute Gasteiger partial charge is 0.496 e. The number of anilines is 1. The van der Waals surface area contributed by atoms with Crippen LogP contribution in [0.3, 0.4) is 0 Å². The number of fused-ring (bicyclic) bond motifs is 1. The molecule has 96 valence electrons. The van der Waals surface area contributed by atoms with E-state index in [2.05, 4.69) is 10.2 Å². The molecule has 5 heteroatoms. The molecular formula is C14H14N4O. The second kappa shape index (κ2) is 4.28. The molecule has 0 atom stereocenters. The molecule has 5 nitrogen and oxygen atoms in total. The van der Waals surface area contributed by atoms with Crippen molar-refractivity contribution in [2.24, 2.45) is 0 Å². The Morgan fingerprint density at radius 1 is 1.16 bits per heavy atom. The SMILES string of the molecule is COc1ccc(-c2nnc3cccc(N)n23)cc1C. The minimum Gasteiger partial charge on any atom is -0.496 e. The van der Waals surface area contributed by atoms with Crippen molar-refractivity contribution < 1.29 is 4.74 Å². The van der Waals surface area contributed by atoms with Gasteiger partial charge >= 0.3 is 0 Å². The van der Waals surface area contributed by atoms with Crippen LogP contribution in [0.15, 0.2) is 36.4 Å². The Bertz CT molecular complexity index is 748. The number of hydrogen-bond acceptors (Lipinski definition) is 4. The highest BCUT2D eigenvalue weighted by atomic mass is 16.5. The quantitative estimate of drug-likeness (QED) is 0.762. The van der Waals surface area contributed by atoms with E-state index in [9.17, 15) is 0 Å². The number of aromatic nitrogens is 3. The van der Waals surface area contributed by atoms with E-state index in [0.717, 1.165) is 28.3 Å². The van der Waals surface area contributed by atoms with Crippen LogP contribution in [0.5, 0.6) is 5.75 Å². The summed E-state index contributed by atoms with van der Waals surface area (Å²) in [6, 6.07) is 11.5. The maximum atomic E-state index is 5.99. The summed E-state index contributed by atoms with van der Waals surface area (Å²) in [7, 11) is 1.66. The van der Waals surface area contributed by atoms with Crippen LogP contribution in [0, 0.1) is 6.92 Å². The van der Waals surface area contributed by atoms with Gasteiger partial charge in [-0.1, -0.05) is 6.07 Å². The third-order valence-corrected chi connectivity index (χ3v) is 3.11. The molecule has 2 aromatic heterocycles. The molecule has 0 saturated heterocycles. The molecule has 0 spiro atoms. The lowest BCUT2D eigenvalue weighted by atomic mass is 10.1. The number of methoxy groups -OCH3 is 1. The fourth-order valence-corrected chi connectivity index (χ4v) is 2.17. The zero-order valence-electron chi connectivity index (χ0n) is 10.8. The Morgan fingerprint density at radius 3 is 2.74 bits per heavy atom. The summed E-state index contributed by atoms with van der Waals surface area (Å²) in [5, 5.41) is 8.34. The van der Waals surface area contributed by atoms with Crippen molar-refractivity contribution in [1.29, 1.82) is 0 Å². The van der Waals surface area contributed by atoms with Crippen LogP contribution in [0.1, 0.15) is 5.56 Å². The maximum Gasteiger partial charge on any atom is 0.169 e. The van der Waals surface area contributed by atoms with Gasteiger partial charge in [-0.2, -0.15) is 0 Å². The summed E-state index contributed by atoms with van der Waals surface area (Å²) in [5.74, 6) is 2.20. The van der Waals surface area contributed by atoms with Crippen LogP contribution in [0.25, 0.3) is 17.0 Å². The Hall–Kier alpha value is -2.56. The second-order valence-corrected chi connectivity index (χ2v) is 4.35. The van der Waals surface area contributed by atoms with Crippen LogP contribution in [-0.2, 0) is 0 Å². The molecule has 3 aromatic rings. The summed E-state index contributed by atoms with van der Waals surface area (Å²) in [5.41, 5.74) is 8.74. The Morgan fingerprint density at radius 2 is 2.00 bits per heavy atom. The van der Waals surface area contributed by atoms with Gasteiger partial charge in [-0.3, -0.25) is 4.40 Å². The molecule has 3 rings (SSSR count). The molecule has 0 aliphatic heterocycles. The van der Waals surface area contributed by atoms with Crippen LogP contribution in [0.4, 0.5) is 5.82 Å². The van der Waals surface area contributed by atoms with Gasteiger partial charge in [-0.25, -0.2) is 0 Å². The van der Waals surface area contributed by atoms with E-state index in [4.69, 9.17) is 10.5 Å². The van der Waals surface area contributed by atoms with E-state index in [0.29, 0.717) is 5.82 Å². The number of aryl methyl sites for hydroxylation is 1. The highest BCUT2D eigenvalue weighted by Gasteiger charge is 2.11. The number of pyridine rings is 1. The minimum atomic E-state index is 0.617. The Kier molecular flexibility index (Phi) is 2.59. The third-order valence-electron chi connectivity index (χ3n) is 3.11. The predicted octanol–water partition coefficient (Wildman–Crippen LogP) is 2.30. The van der Waals surface area contributed by atoms with E-state index in [1.54, 1.807) is 7.11 Å². The van der Waals surface area contributed by atoms with Crippen molar-refractivity contribution in [1.82, 2.24) is 14.6 Å². The topological polar surface area (TPSA) is 65.4 Å². The molecule has 0 bridgehead atoms. The summed E-state index contributed by atoms with van der Waals surface area (Å²) in [4.78, 5) is 0. The van der Waals surface area contributed by atoms with Crippen LogP contribution >= 0.6 is 0 Å². The maximum absolute atomic E-state index is 5.99. The number of nitrogens with two attached hydrogens (primary N) is 1. The predicted molar refractivity (Wildman–Crippen MR) is 74.1 cm³/mol. The lowest BCUT2D eigenvalue weighted by Crippen LogP contribution is -1.98. The van der Waals surface area contributed by atoms with Gasteiger partial charge in [0, 0.05) is 5.56 Å². The summed E-state index contributed by atoms with van der Waals surface area (Å²) in [6.45, 7) is 1.99. The Labute approximate surface area is 110 Å². The highest BCUT2D eigenvalue weighted by Crippen LogP contribution is 2.26. The van der Waals surface area contributed by atoms with Gasteiger partial charge in [0.15, 0.2) is 11.5 Å². The first-order valence-corrected chi connectivity index (χ1v) is 5.95. The molecule has 0 unspecified atom stereocenters. The molecular weight excluding hydrogens is 240 g/mol. The number of benzene rings is 1. The smallest absolute Gasteiger partial charge is 0.169 e. The van der Waals surface area contributed by atoms with Gasteiger partial charge in [-0.05, 0) is 42.8 Å². The lowest BCUT2D eigenvalue weighted by molar-refractivity contribution is 0.412. The van der Waals surface area contributed by atoms with Crippen molar-refractivity contribution in [2.75, 3.05) is 12.8 Å². The first-order chi connectivity index (χ1) is 9.20. The molecule has 0 saturated carbocycles. The number of ether oxygens (including phenoxy) is 1. The van der Waals surface area contributed by atoms with Gasteiger partial charge in [-0.15, -0.1) is 10.2 Å². The molecule has 0 aliphatic rings. The average molecular weight is 254 g/mol. The van der Waals surface area contributed by atoms with Gasteiger partial charge in [0.25, 0.3) is 0 Å². The van der Waals surface area contributed by atoms with Gasteiger partial charge in [0.2, 0.25) is 0 Å². The zero-order chi connectivity index (χ0) is 13.4. The van der Waals surface area contributed by atoms with E-state index in [1.165, 1.54) is 0 Å². The highest BCUT2D eigenvalue weighted by molar-refractivity contribution is 5.64. The normalized spacial score (nSPS) is 10.8. The molecule has 0 radical (unpaired) electrons. The number of nitrogens with zero attached hydrogens (tertiary/aromatic N) is 3. The number of nitrogen functional groups attached to an aromatic ring is 1. The second-order valence-electron chi connectivity index (χ2n) is 4.35. The molecule has 2 heterocycles. The van der Waals surface area contributed by atoms with Crippen LogP contribution in [0.2, 0.25) is 0 Å². The lowest BCUT2D eigenvalue weighted by Gasteiger charge is -2.07. The van der Waals surface area contributed by atoms with E-state index >= 15 is 0 Å². The molecule has 1 aromatic carbocycles. The van der Waals surface area contributed by atoms with Crippen LogP contribution in [-0.4, -0.2) is 21.7 Å². The molecule has 19 heavy (non-hydrogen) atoms. The first-order valence-electron chi connectivity index (χ1n) is 5.95. The Balaban J connectivity index is 2.22. The third kappa shape index (κ3) is 1.79. The number of hydrogen-bond donors (Lipinski definition) is 1. The van der Waals surface area contributed by atoms with Crippen LogP contribution < -0.4 is 10.5 Å². The monoisotopic (exact) mass is 254 g/mol. The first kappa shape index (κ1) is 11.5. The average Bonchev–Trinajstić information content (AvgIpc) is 2.84. The van der Waals surface area contributed by atoms with Crippen molar-refractivity contribution in [3.63, 3.8) is 0 Å². The van der Waals surface area contributed by atoms with Gasteiger partial charge in [0.05, 0.1) is 7.11 Å². The van der Waals surface area contributed by atoms with E-state index in [1.807, 2.05) is 47.7 Å². The van der Waals surface area contributed by atoms with Gasteiger partial charge in [0.1, 0.15) is 11.6 Å².